The summed E-state index contributed by atoms with van der Waals surface area (Å²) < 4.78 is 12.8. The summed E-state index contributed by atoms with van der Waals surface area (Å²) in [6.45, 7) is 0. The van der Waals surface area contributed by atoms with E-state index in [1.54, 1.807) is 12.1 Å². The number of hydrogen-bond acceptors (Lipinski definition) is 3. The van der Waals surface area contributed by atoms with Gasteiger partial charge in [0.2, 0.25) is 0 Å². The maximum absolute atomic E-state index is 12.8. The molecule has 0 amide bonds. The molecule has 0 radical (unpaired) electrons. The van der Waals surface area contributed by atoms with Crippen LogP contribution in [0.3, 0.4) is 0 Å². The number of nitrogens with zero attached hydrogens (tertiary/aromatic N) is 1. The Morgan fingerprint density at radius 1 is 1.28 bits per heavy atom. The molecule has 3 rings (SSSR count). The zero-order valence-corrected chi connectivity index (χ0v) is 10.1. The van der Waals surface area contributed by atoms with Gasteiger partial charge in [-0.05, 0) is 37.0 Å². The van der Waals surface area contributed by atoms with Gasteiger partial charge in [0.05, 0.1) is 18.2 Å². The molecule has 96 valence electrons. The van der Waals surface area contributed by atoms with E-state index in [9.17, 15) is 9.50 Å². The molecule has 1 heterocycles. The molecular weight excluding hydrogens is 231 g/mol. The first kappa shape index (κ1) is 11.7. The zero-order chi connectivity index (χ0) is 12.5. The molecule has 1 aromatic carbocycles. The van der Waals surface area contributed by atoms with E-state index in [1.165, 1.54) is 12.1 Å². The summed E-state index contributed by atoms with van der Waals surface area (Å²) in [6.07, 6.45) is 3.09. The van der Waals surface area contributed by atoms with Gasteiger partial charge in [0.1, 0.15) is 11.7 Å². The number of aliphatic imine (C=N–C) groups is 1. The summed E-state index contributed by atoms with van der Waals surface area (Å²) in [5.41, 5.74) is 1.06. The summed E-state index contributed by atoms with van der Waals surface area (Å²) >= 11 is 0. The van der Waals surface area contributed by atoms with Gasteiger partial charge in [-0.3, -0.25) is 4.99 Å². The minimum atomic E-state index is -0.211. The zero-order valence-electron chi connectivity index (χ0n) is 10.1. The Morgan fingerprint density at radius 3 is 2.83 bits per heavy atom. The number of benzene rings is 1. The van der Waals surface area contributed by atoms with Crippen molar-refractivity contribution in [1.82, 2.24) is 5.32 Å². The molecule has 0 bridgehead atoms. The highest BCUT2D eigenvalue weighted by molar-refractivity contribution is 5.86. The van der Waals surface area contributed by atoms with Crippen LogP contribution in [-0.4, -0.2) is 29.1 Å². The van der Waals surface area contributed by atoms with Gasteiger partial charge in [-0.1, -0.05) is 12.1 Å². The molecule has 18 heavy (non-hydrogen) atoms. The molecule has 4 heteroatoms. The van der Waals surface area contributed by atoms with Gasteiger partial charge in [0, 0.05) is 6.42 Å². The van der Waals surface area contributed by atoms with Gasteiger partial charge >= 0.3 is 0 Å². The molecule has 0 spiro atoms. The van der Waals surface area contributed by atoms with Crippen molar-refractivity contribution < 1.29 is 9.50 Å². The van der Waals surface area contributed by atoms with E-state index in [1.807, 2.05) is 0 Å². The molecule has 1 fully saturated rings. The predicted octanol–water partition coefficient (Wildman–Crippen LogP) is 1.65. The van der Waals surface area contributed by atoms with Crippen LogP contribution in [0.25, 0.3) is 0 Å². The van der Waals surface area contributed by atoms with E-state index in [-0.39, 0.29) is 18.0 Å². The van der Waals surface area contributed by atoms with Crippen LogP contribution in [0.4, 0.5) is 4.39 Å². The fourth-order valence-corrected chi connectivity index (χ4v) is 2.79. The lowest BCUT2D eigenvalue weighted by atomic mass is 9.90. The van der Waals surface area contributed by atoms with Crippen molar-refractivity contribution in [2.75, 3.05) is 0 Å². The van der Waals surface area contributed by atoms with Crippen molar-refractivity contribution in [3.63, 3.8) is 0 Å². The van der Waals surface area contributed by atoms with Crippen molar-refractivity contribution in [2.24, 2.45) is 4.99 Å². The molecule has 3 nitrogen and oxygen atoms in total. The van der Waals surface area contributed by atoms with Crippen molar-refractivity contribution in [1.29, 1.82) is 0 Å². The molecule has 0 saturated heterocycles. The van der Waals surface area contributed by atoms with Gasteiger partial charge in [0.15, 0.2) is 0 Å². The van der Waals surface area contributed by atoms with Crippen LogP contribution in [0.1, 0.15) is 24.8 Å². The molecule has 2 aliphatic rings. The summed E-state index contributed by atoms with van der Waals surface area (Å²) in [5.74, 6) is 0.752. The van der Waals surface area contributed by atoms with E-state index in [0.717, 1.165) is 30.7 Å². The van der Waals surface area contributed by atoms with E-state index in [4.69, 9.17) is 0 Å². The first-order chi connectivity index (χ1) is 8.70. The van der Waals surface area contributed by atoms with Gasteiger partial charge in [0.25, 0.3) is 0 Å². The number of halogens is 1. The molecule has 0 aromatic heterocycles. The Bertz CT molecular complexity index is 457. The van der Waals surface area contributed by atoms with Crippen LogP contribution in [0.2, 0.25) is 0 Å². The standard InChI is InChI=1S/C14H17FN2O/c15-10-3-1-9(2-4-10)7-14-16-12-6-5-11(18)8-13(12)17-14/h1-4,11-13,18H,5-8H2,(H,16,17). The Hall–Kier alpha value is -1.42. The van der Waals surface area contributed by atoms with E-state index >= 15 is 0 Å². The lowest BCUT2D eigenvalue weighted by Gasteiger charge is -2.27. The lowest BCUT2D eigenvalue weighted by Crippen LogP contribution is -2.41. The number of amidine groups is 1. The number of hydrogen-bond donors (Lipinski definition) is 2. The van der Waals surface area contributed by atoms with Crippen LogP contribution in [-0.2, 0) is 6.42 Å². The topological polar surface area (TPSA) is 44.6 Å². The first-order valence-corrected chi connectivity index (χ1v) is 6.46. The first-order valence-electron chi connectivity index (χ1n) is 6.46. The normalized spacial score (nSPS) is 30.6. The fourth-order valence-electron chi connectivity index (χ4n) is 2.79. The smallest absolute Gasteiger partial charge is 0.123 e. The minimum Gasteiger partial charge on any atom is -0.393 e. The summed E-state index contributed by atoms with van der Waals surface area (Å²) in [4.78, 5) is 4.66. The van der Waals surface area contributed by atoms with Gasteiger partial charge in [-0.25, -0.2) is 4.39 Å². The van der Waals surface area contributed by atoms with E-state index in [2.05, 4.69) is 10.3 Å². The molecule has 1 aliphatic carbocycles. The number of nitrogens with one attached hydrogen (secondary N) is 1. The summed E-state index contributed by atoms with van der Waals surface area (Å²) in [6, 6.07) is 7.11. The minimum absolute atomic E-state index is 0.195. The predicted molar refractivity (Wildman–Crippen MR) is 68.1 cm³/mol. The van der Waals surface area contributed by atoms with E-state index in [0.29, 0.717) is 12.5 Å². The largest absolute Gasteiger partial charge is 0.393 e. The van der Waals surface area contributed by atoms with Crippen molar-refractivity contribution >= 4 is 5.84 Å². The van der Waals surface area contributed by atoms with Gasteiger partial charge in [-0.15, -0.1) is 0 Å². The number of rotatable bonds is 2. The maximum atomic E-state index is 12.8. The average molecular weight is 248 g/mol. The monoisotopic (exact) mass is 248 g/mol. The highest BCUT2D eigenvalue weighted by atomic mass is 19.1. The third-order valence-corrected chi connectivity index (χ3v) is 3.74. The highest BCUT2D eigenvalue weighted by Gasteiger charge is 2.34. The Labute approximate surface area is 106 Å². The van der Waals surface area contributed by atoms with Crippen molar-refractivity contribution in [3.05, 3.63) is 35.6 Å². The molecule has 3 atom stereocenters. The number of fused-ring (bicyclic) bond motifs is 1. The fraction of sp³-hybridized carbons (Fsp3) is 0.500. The third kappa shape index (κ3) is 2.38. The number of aliphatic hydroxyl groups is 1. The van der Waals surface area contributed by atoms with Gasteiger partial charge < -0.3 is 10.4 Å². The Morgan fingerprint density at radius 2 is 2.06 bits per heavy atom. The highest BCUT2D eigenvalue weighted by Crippen LogP contribution is 2.25. The Kier molecular flexibility index (Phi) is 3.04. The van der Waals surface area contributed by atoms with Crippen LogP contribution in [0.15, 0.2) is 29.3 Å². The molecule has 1 aliphatic heterocycles. The summed E-state index contributed by atoms with van der Waals surface area (Å²) in [5, 5.41) is 13.0. The lowest BCUT2D eigenvalue weighted by molar-refractivity contribution is 0.112. The molecule has 3 unspecified atom stereocenters. The second kappa shape index (κ2) is 4.69. The number of aliphatic hydroxyl groups excluding tert-OH is 1. The average Bonchev–Trinajstić information content (AvgIpc) is 2.73. The molecule has 2 N–H and O–H groups in total. The van der Waals surface area contributed by atoms with Crippen molar-refractivity contribution in [2.45, 2.75) is 43.9 Å². The van der Waals surface area contributed by atoms with Gasteiger partial charge in [-0.2, -0.15) is 0 Å². The SMILES string of the molecule is OC1CCC2N=C(Cc3ccc(F)cc3)NC2C1. The molecule has 1 saturated carbocycles. The summed E-state index contributed by atoms with van der Waals surface area (Å²) in [7, 11) is 0. The quantitative estimate of drug-likeness (QED) is 0.836. The molecular formula is C14H17FN2O. The maximum Gasteiger partial charge on any atom is 0.123 e. The van der Waals surface area contributed by atoms with Crippen LogP contribution < -0.4 is 5.32 Å². The second-order valence-electron chi connectivity index (χ2n) is 5.16. The van der Waals surface area contributed by atoms with E-state index < -0.39 is 0 Å². The van der Waals surface area contributed by atoms with Crippen LogP contribution >= 0.6 is 0 Å². The second-order valence-corrected chi connectivity index (χ2v) is 5.16. The van der Waals surface area contributed by atoms with Crippen LogP contribution in [0, 0.1) is 5.82 Å². The van der Waals surface area contributed by atoms with Crippen molar-refractivity contribution in [3.8, 4) is 0 Å². The Balaban J connectivity index is 1.66. The third-order valence-electron chi connectivity index (χ3n) is 3.74. The van der Waals surface area contributed by atoms with Crippen LogP contribution in [0.5, 0.6) is 0 Å². The molecule has 1 aromatic rings.